The number of carboxylic acid groups (broad SMARTS) is 1. The fourth-order valence-corrected chi connectivity index (χ4v) is 5.75. The molecule has 21 heteroatoms. The van der Waals surface area contributed by atoms with Gasteiger partial charge in [-0.05, 0) is 45.6 Å². The highest BCUT2D eigenvalue weighted by atomic mass is 32.2. The smallest absolute Gasteiger partial charge is 0.408 e. The van der Waals surface area contributed by atoms with Crippen LogP contribution in [0.5, 0.6) is 0 Å². The van der Waals surface area contributed by atoms with Crippen LogP contribution in [0, 0.1) is 5.92 Å². The fourth-order valence-electron chi connectivity index (χ4n) is 4.73. The summed E-state index contributed by atoms with van der Waals surface area (Å²) >= 11 is 1.29. The summed E-state index contributed by atoms with van der Waals surface area (Å²) in [6.07, 6.45) is -3.31. The van der Waals surface area contributed by atoms with Gasteiger partial charge in [0.1, 0.15) is 35.8 Å². The Balaban J connectivity index is 3.17. The molecule has 12 N–H and O–H groups in total. The molecule has 7 amide bonds. The van der Waals surface area contributed by atoms with Gasteiger partial charge in [-0.2, -0.15) is 11.8 Å². The van der Waals surface area contributed by atoms with Gasteiger partial charge in [0.05, 0.1) is 25.7 Å². The lowest BCUT2D eigenvalue weighted by molar-refractivity contribution is -0.145. The first kappa shape index (κ1) is 49.0. The minimum Gasteiger partial charge on any atom is -0.480 e. The van der Waals surface area contributed by atoms with Crippen molar-refractivity contribution in [1.82, 2.24) is 31.9 Å². The van der Waals surface area contributed by atoms with Crippen molar-refractivity contribution in [2.75, 3.05) is 19.0 Å². The van der Waals surface area contributed by atoms with E-state index in [1.54, 1.807) is 34.6 Å². The lowest BCUT2D eigenvalue weighted by Gasteiger charge is -2.27. The van der Waals surface area contributed by atoms with Crippen LogP contribution in [0.3, 0.4) is 0 Å². The van der Waals surface area contributed by atoms with Gasteiger partial charge in [-0.1, -0.05) is 44.2 Å². The highest BCUT2D eigenvalue weighted by Gasteiger charge is 2.35. The first-order valence-electron chi connectivity index (χ1n) is 17.6. The second kappa shape index (κ2) is 23.8. The molecule has 0 radical (unpaired) electrons. The zero-order valence-electron chi connectivity index (χ0n) is 32.2. The van der Waals surface area contributed by atoms with Gasteiger partial charge in [0.25, 0.3) is 0 Å². The van der Waals surface area contributed by atoms with Gasteiger partial charge in [0, 0.05) is 11.5 Å². The van der Waals surface area contributed by atoms with Crippen molar-refractivity contribution in [1.29, 1.82) is 0 Å². The Morgan fingerprint density at radius 2 is 1.18 bits per heavy atom. The number of primary amides is 1. The number of aliphatic carboxylic acids is 1. The topological polar surface area (TPSA) is 325 Å². The summed E-state index contributed by atoms with van der Waals surface area (Å²) in [4.78, 5) is 102. The minimum absolute atomic E-state index is 0.0191. The van der Waals surface area contributed by atoms with Crippen molar-refractivity contribution in [3.63, 3.8) is 0 Å². The number of amides is 7. The zero-order valence-corrected chi connectivity index (χ0v) is 33.0. The summed E-state index contributed by atoms with van der Waals surface area (Å²) in [6.45, 7) is 7.36. The Hall–Kier alpha value is -4.99. The van der Waals surface area contributed by atoms with Crippen LogP contribution in [0.25, 0.3) is 0 Å². The Bertz CT molecular complexity index is 1510. The largest absolute Gasteiger partial charge is 0.480 e. The minimum atomic E-state index is -1.77. The van der Waals surface area contributed by atoms with E-state index < -0.39 is 115 Å². The number of nitrogens with one attached hydrogen (secondary N) is 6. The third-order valence-corrected chi connectivity index (χ3v) is 8.57. The number of alkyl carbamates (subject to hydrolysis) is 1. The molecule has 0 aliphatic carbocycles. The average Bonchev–Trinajstić information content (AvgIpc) is 3.09. The molecule has 1 aromatic rings. The van der Waals surface area contributed by atoms with Gasteiger partial charge in [-0.25, -0.2) is 9.59 Å². The van der Waals surface area contributed by atoms with Crippen LogP contribution < -0.4 is 37.6 Å². The van der Waals surface area contributed by atoms with Gasteiger partial charge in [-0.3, -0.25) is 28.8 Å². The molecule has 314 valence electrons. The number of hydrogen-bond acceptors (Lipinski definition) is 13. The lowest BCUT2D eigenvalue weighted by Crippen LogP contribution is -2.61. The highest BCUT2D eigenvalue weighted by Crippen LogP contribution is 2.14. The molecule has 0 aliphatic heterocycles. The number of thioether (sulfide) groups is 1. The number of aliphatic hydroxyl groups is 3. The number of nitrogens with two attached hydrogens (primary N) is 1. The third kappa shape index (κ3) is 18.6. The number of carbonyl (C=O) groups is 8. The zero-order chi connectivity index (χ0) is 42.7. The third-order valence-electron chi connectivity index (χ3n) is 7.46. The molecule has 1 aromatic carbocycles. The molecule has 20 nitrogen and oxygen atoms in total. The highest BCUT2D eigenvalue weighted by molar-refractivity contribution is 7.98. The Kier molecular flexibility index (Phi) is 20.9. The second-order valence-electron chi connectivity index (χ2n) is 14.2. The maximum atomic E-state index is 13.5. The number of benzene rings is 1. The van der Waals surface area contributed by atoms with Crippen molar-refractivity contribution in [2.45, 2.75) is 108 Å². The quantitative estimate of drug-likeness (QED) is 0.0550. The van der Waals surface area contributed by atoms with Crippen molar-refractivity contribution in [3.8, 4) is 0 Å². The SMILES string of the molecule is CC(C)C[C@H](NC(=O)[C@H](CC(N)=O)NC(=O)[C@H](CO)NC(=O)[C@H](CSCc1ccccc1)NC(=O)OC(C)(C)C)C(=O)N[C@@H](CO)C(=O)N[C@H](C(=O)O)[C@@H](C)O. The van der Waals surface area contributed by atoms with Crippen molar-refractivity contribution < 1.29 is 63.5 Å². The molecule has 0 saturated heterocycles. The standard InChI is InChI=1S/C35H55N7O13S/c1-18(2)12-21(28(47)39-24(15-44)31(50)42-27(19(3)45)33(52)53)37-29(48)22(13-26(36)46)38-30(49)23(14-43)40-32(51)25(41-34(54)55-35(4,5)6)17-56-16-20-10-8-7-9-11-20/h7-11,18-19,21-25,27,43-45H,12-17H2,1-6H3,(H2,36,46)(H,37,48)(H,38,49)(H,39,47)(H,40,51)(H,41,54)(H,42,50)(H,52,53)/t19-,21+,22+,23+,24+,25+,27+/m1/s1. The predicted molar refractivity (Wildman–Crippen MR) is 202 cm³/mol. The molecular weight excluding hydrogens is 758 g/mol. The van der Waals surface area contributed by atoms with Crippen LogP contribution >= 0.6 is 11.8 Å². The van der Waals surface area contributed by atoms with Crippen LogP contribution in [0.2, 0.25) is 0 Å². The number of carbonyl (C=O) groups excluding carboxylic acids is 7. The van der Waals surface area contributed by atoms with Crippen LogP contribution in [0.4, 0.5) is 4.79 Å². The number of rotatable bonds is 23. The van der Waals surface area contributed by atoms with E-state index >= 15 is 0 Å². The van der Waals surface area contributed by atoms with Crippen molar-refractivity contribution >= 4 is 59.3 Å². The van der Waals surface area contributed by atoms with Gasteiger partial charge < -0.3 is 62.8 Å². The van der Waals surface area contributed by atoms with Gasteiger partial charge in [0.15, 0.2) is 6.04 Å². The number of carboxylic acids is 1. The van der Waals surface area contributed by atoms with Gasteiger partial charge in [-0.15, -0.1) is 0 Å². The monoisotopic (exact) mass is 813 g/mol. The Morgan fingerprint density at radius 1 is 0.714 bits per heavy atom. The molecular formula is C35H55N7O13S. The normalized spacial score (nSPS) is 15.0. The van der Waals surface area contributed by atoms with Crippen LogP contribution in [-0.4, -0.2) is 135 Å². The van der Waals surface area contributed by atoms with E-state index in [1.807, 2.05) is 35.6 Å². The molecule has 0 aromatic heterocycles. The summed E-state index contributed by atoms with van der Waals surface area (Å²) in [6, 6.07) is -0.376. The van der Waals surface area contributed by atoms with E-state index in [4.69, 9.17) is 10.5 Å². The van der Waals surface area contributed by atoms with E-state index in [9.17, 15) is 58.8 Å². The lowest BCUT2D eigenvalue weighted by atomic mass is 10.0. The molecule has 0 bridgehead atoms. The summed E-state index contributed by atoms with van der Waals surface area (Å²) < 4.78 is 5.27. The van der Waals surface area contributed by atoms with Gasteiger partial charge >= 0.3 is 12.1 Å². The molecule has 0 heterocycles. The fraction of sp³-hybridized carbons (Fsp3) is 0.600. The van der Waals surface area contributed by atoms with E-state index in [0.29, 0.717) is 5.75 Å². The Labute approximate surface area is 328 Å². The molecule has 0 fully saturated rings. The summed E-state index contributed by atoms with van der Waals surface area (Å²) in [5.74, 6) is -7.72. The first-order chi connectivity index (χ1) is 26.1. The molecule has 0 aliphatic rings. The Morgan fingerprint density at radius 3 is 1.64 bits per heavy atom. The molecule has 1 rings (SSSR count). The van der Waals surface area contributed by atoms with Crippen LogP contribution in [0.1, 0.15) is 59.9 Å². The molecule has 56 heavy (non-hydrogen) atoms. The van der Waals surface area contributed by atoms with Crippen molar-refractivity contribution in [3.05, 3.63) is 35.9 Å². The average molecular weight is 814 g/mol. The molecule has 0 spiro atoms. The molecule has 0 unspecified atom stereocenters. The number of hydrogen-bond donors (Lipinski definition) is 11. The van der Waals surface area contributed by atoms with Crippen LogP contribution in [-0.2, 0) is 44.1 Å². The first-order valence-corrected chi connectivity index (χ1v) is 18.8. The number of aliphatic hydroxyl groups excluding tert-OH is 3. The number of ether oxygens (including phenoxy) is 1. The van der Waals surface area contributed by atoms with Gasteiger partial charge in [0.2, 0.25) is 35.4 Å². The van der Waals surface area contributed by atoms with E-state index in [-0.39, 0.29) is 18.1 Å². The molecule has 7 atom stereocenters. The second-order valence-corrected chi connectivity index (χ2v) is 15.2. The van der Waals surface area contributed by atoms with Crippen molar-refractivity contribution in [2.24, 2.45) is 11.7 Å². The van der Waals surface area contributed by atoms with E-state index in [1.165, 1.54) is 11.8 Å². The summed E-state index contributed by atoms with van der Waals surface area (Å²) in [7, 11) is 0. The maximum absolute atomic E-state index is 13.5. The van der Waals surface area contributed by atoms with Crippen LogP contribution in [0.15, 0.2) is 30.3 Å². The van der Waals surface area contributed by atoms with E-state index in [0.717, 1.165) is 12.5 Å². The summed E-state index contributed by atoms with van der Waals surface area (Å²) in [5, 5.41) is 52.3. The maximum Gasteiger partial charge on any atom is 0.408 e. The predicted octanol–water partition coefficient (Wildman–Crippen LogP) is -2.39. The summed E-state index contributed by atoms with van der Waals surface area (Å²) in [5.41, 5.74) is 5.37. The molecule has 0 saturated carbocycles. The van der Waals surface area contributed by atoms with E-state index in [2.05, 4.69) is 26.6 Å².